The lowest BCUT2D eigenvalue weighted by atomic mass is 10.1. The topological polar surface area (TPSA) is 55.2 Å². The standard InChI is InChI=1S/C16H17ClN2O2/c1-11-3-5-13(6-4-11)12(2)18-10-14-7-8-15(17)9-16(14)19(20)21/h3-9,12,18H,10H2,1-2H3. The summed E-state index contributed by atoms with van der Waals surface area (Å²) in [5.41, 5.74) is 3.03. The van der Waals surface area contributed by atoms with Crippen LogP contribution in [0.4, 0.5) is 5.69 Å². The Morgan fingerprint density at radius 2 is 1.90 bits per heavy atom. The molecule has 110 valence electrons. The summed E-state index contributed by atoms with van der Waals surface area (Å²) in [5, 5.41) is 14.7. The van der Waals surface area contributed by atoms with Crippen molar-refractivity contribution in [1.82, 2.24) is 5.32 Å². The smallest absolute Gasteiger partial charge is 0.275 e. The first kappa shape index (κ1) is 15.5. The van der Waals surface area contributed by atoms with E-state index in [2.05, 4.69) is 29.6 Å². The van der Waals surface area contributed by atoms with E-state index in [-0.39, 0.29) is 11.7 Å². The largest absolute Gasteiger partial charge is 0.306 e. The monoisotopic (exact) mass is 304 g/mol. The van der Waals surface area contributed by atoms with E-state index in [1.54, 1.807) is 12.1 Å². The van der Waals surface area contributed by atoms with E-state index < -0.39 is 4.92 Å². The minimum Gasteiger partial charge on any atom is -0.306 e. The molecule has 0 bridgehead atoms. The van der Waals surface area contributed by atoms with Crippen LogP contribution in [0.25, 0.3) is 0 Å². The van der Waals surface area contributed by atoms with Crippen molar-refractivity contribution >= 4 is 17.3 Å². The van der Waals surface area contributed by atoms with E-state index in [4.69, 9.17) is 11.6 Å². The van der Waals surface area contributed by atoms with Gasteiger partial charge in [0.1, 0.15) is 0 Å². The zero-order valence-corrected chi connectivity index (χ0v) is 12.7. The van der Waals surface area contributed by atoms with Crippen LogP contribution in [0.5, 0.6) is 0 Å². The van der Waals surface area contributed by atoms with Gasteiger partial charge in [0.05, 0.1) is 4.92 Å². The molecule has 2 rings (SSSR count). The molecule has 0 aliphatic carbocycles. The molecule has 0 fully saturated rings. The molecule has 0 heterocycles. The van der Waals surface area contributed by atoms with Gasteiger partial charge in [-0.05, 0) is 31.5 Å². The second-order valence-electron chi connectivity index (χ2n) is 5.04. The van der Waals surface area contributed by atoms with Crippen molar-refractivity contribution in [2.45, 2.75) is 26.4 Å². The summed E-state index contributed by atoms with van der Waals surface area (Å²) in [6.07, 6.45) is 0. The highest BCUT2D eigenvalue weighted by Crippen LogP contribution is 2.24. The molecule has 0 saturated heterocycles. The first-order valence-corrected chi connectivity index (χ1v) is 7.08. The van der Waals surface area contributed by atoms with E-state index in [0.29, 0.717) is 17.1 Å². The van der Waals surface area contributed by atoms with Crippen molar-refractivity contribution in [3.05, 3.63) is 74.3 Å². The summed E-state index contributed by atoms with van der Waals surface area (Å²) < 4.78 is 0. The minimum absolute atomic E-state index is 0.0473. The van der Waals surface area contributed by atoms with Gasteiger partial charge >= 0.3 is 0 Å². The van der Waals surface area contributed by atoms with E-state index >= 15 is 0 Å². The molecule has 0 spiro atoms. The van der Waals surface area contributed by atoms with Gasteiger partial charge < -0.3 is 5.32 Å². The Morgan fingerprint density at radius 1 is 1.24 bits per heavy atom. The fourth-order valence-corrected chi connectivity index (χ4v) is 2.26. The fraction of sp³-hybridized carbons (Fsp3) is 0.250. The molecule has 2 aromatic rings. The lowest BCUT2D eigenvalue weighted by Crippen LogP contribution is -2.18. The SMILES string of the molecule is Cc1ccc(C(C)NCc2ccc(Cl)cc2[N+](=O)[O-])cc1. The summed E-state index contributed by atoms with van der Waals surface area (Å²) in [5.74, 6) is 0. The van der Waals surface area contributed by atoms with Gasteiger partial charge in [-0.3, -0.25) is 10.1 Å². The molecule has 0 aliphatic heterocycles. The van der Waals surface area contributed by atoms with Crippen molar-refractivity contribution < 1.29 is 4.92 Å². The number of aryl methyl sites for hydroxylation is 1. The summed E-state index contributed by atoms with van der Waals surface area (Å²) in [4.78, 5) is 10.6. The summed E-state index contributed by atoms with van der Waals surface area (Å²) >= 11 is 5.81. The van der Waals surface area contributed by atoms with Crippen LogP contribution in [0.3, 0.4) is 0 Å². The van der Waals surface area contributed by atoms with Crippen LogP contribution >= 0.6 is 11.6 Å². The maximum atomic E-state index is 11.0. The second kappa shape index (κ2) is 6.70. The molecule has 21 heavy (non-hydrogen) atoms. The quantitative estimate of drug-likeness (QED) is 0.657. The molecule has 5 heteroatoms. The summed E-state index contributed by atoms with van der Waals surface area (Å²) in [6, 6.07) is 13.1. The van der Waals surface area contributed by atoms with Crippen LogP contribution < -0.4 is 5.32 Å². The zero-order valence-electron chi connectivity index (χ0n) is 12.0. The maximum Gasteiger partial charge on any atom is 0.275 e. The maximum absolute atomic E-state index is 11.0. The van der Waals surface area contributed by atoms with Crippen LogP contribution in [-0.4, -0.2) is 4.92 Å². The molecule has 0 saturated carbocycles. The molecule has 4 nitrogen and oxygen atoms in total. The molecule has 0 amide bonds. The number of halogens is 1. The molecule has 2 aromatic carbocycles. The number of rotatable bonds is 5. The highest BCUT2D eigenvalue weighted by Gasteiger charge is 2.15. The lowest BCUT2D eigenvalue weighted by molar-refractivity contribution is -0.385. The number of nitrogens with one attached hydrogen (secondary N) is 1. The molecular weight excluding hydrogens is 288 g/mol. The summed E-state index contributed by atoms with van der Waals surface area (Å²) in [6.45, 7) is 4.49. The molecule has 0 aliphatic rings. The van der Waals surface area contributed by atoms with Crippen LogP contribution in [0, 0.1) is 17.0 Å². The first-order valence-electron chi connectivity index (χ1n) is 6.70. The molecule has 0 aromatic heterocycles. The van der Waals surface area contributed by atoms with Gasteiger partial charge in [0.15, 0.2) is 0 Å². The second-order valence-corrected chi connectivity index (χ2v) is 5.48. The Labute approximate surface area is 128 Å². The van der Waals surface area contributed by atoms with Gasteiger partial charge in [-0.25, -0.2) is 0 Å². The fourth-order valence-electron chi connectivity index (χ4n) is 2.09. The third kappa shape index (κ3) is 4.03. The van der Waals surface area contributed by atoms with Crippen molar-refractivity contribution in [3.8, 4) is 0 Å². The van der Waals surface area contributed by atoms with E-state index in [1.165, 1.54) is 11.6 Å². The summed E-state index contributed by atoms with van der Waals surface area (Å²) in [7, 11) is 0. The van der Waals surface area contributed by atoms with Crippen LogP contribution in [0.2, 0.25) is 5.02 Å². The zero-order chi connectivity index (χ0) is 15.4. The van der Waals surface area contributed by atoms with Crippen LogP contribution in [0.15, 0.2) is 42.5 Å². The minimum atomic E-state index is -0.403. The van der Waals surface area contributed by atoms with Crippen molar-refractivity contribution in [2.75, 3.05) is 0 Å². The number of hydrogen-bond donors (Lipinski definition) is 1. The molecule has 0 radical (unpaired) electrons. The lowest BCUT2D eigenvalue weighted by Gasteiger charge is -2.14. The van der Waals surface area contributed by atoms with Crippen LogP contribution in [-0.2, 0) is 6.54 Å². The average molecular weight is 305 g/mol. The van der Waals surface area contributed by atoms with Crippen LogP contribution in [0.1, 0.15) is 29.7 Å². The van der Waals surface area contributed by atoms with Crippen molar-refractivity contribution in [3.63, 3.8) is 0 Å². The Bertz CT molecular complexity index is 641. The number of nitrogens with zero attached hydrogens (tertiary/aromatic N) is 1. The number of nitro benzene ring substituents is 1. The van der Waals surface area contributed by atoms with E-state index in [1.807, 2.05) is 13.8 Å². The molecular formula is C16H17ClN2O2. The number of hydrogen-bond acceptors (Lipinski definition) is 3. The normalized spacial score (nSPS) is 12.1. The third-order valence-corrected chi connectivity index (χ3v) is 3.66. The molecule has 1 N–H and O–H groups in total. The van der Waals surface area contributed by atoms with Gasteiger partial charge in [0, 0.05) is 29.2 Å². The Balaban J connectivity index is 2.09. The Kier molecular flexibility index (Phi) is 4.94. The predicted molar refractivity (Wildman–Crippen MR) is 84.5 cm³/mol. The van der Waals surface area contributed by atoms with Gasteiger partial charge in [0.25, 0.3) is 5.69 Å². The average Bonchev–Trinajstić information content (AvgIpc) is 2.46. The Morgan fingerprint density at radius 3 is 2.52 bits per heavy atom. The molecule has 1 atom stereocenters. The van der Waals surface area contributed by atoms with E-state index in [9.17, 15) is 10.1 Å². The number of benzene rings is 2. The van der Waals surface area contributed by atoms with E-state index in [0.717, 1.165) is 5.56 Å². The van der Waals surface area contributed by atoms with Gasteiger partial charge in [-0.2, -0.15) is 0 Å². The highest BCUT2D eigenvalue weighted by atomic mass is 35.5. The molecule has 1 unspecified atom stereocenters. The first-order chi connectivity index (χ1) is 9.97. The highest BCUT2D eigenvalue weighted by molar-refractivity contribution is 6.30. The number of nitro groups is 1. The third-order valence-electron chi connectivity index (χ3n) is 3.42. The van der Waals surface area contributed by atoms with Crippen molar-refractivity contribution in [1.29, 1.82) is 0 Å². The van der Waals surface area contributed by atoms with Gasteiger partial charge in [-0.1, -0.05) is 41.4 Å². The Hall–Kier alpha value is -1.91. The van der Waals surface area contributed by atoms with Gasteiger partial charge in [0.2, 0.25) is 0 Å². The predicted octanol–water partition coefficient (Wildman–Crippen LogP) is 4.41. The van der Waals surface area contributed by atoms with Gasteiger partial charge in [-0.15, -0.1) is 0 Å². The van der Waals surface area contributed by atoms with Crippen molar-refractivity contribution in [2.24, 2.45) is 0 Å².